The topological polar surface area (TPSA) is 55.4 Å². The van der Waals surface area contributed by atoms with Crippen molar-refractivity contribution in [2.75, 3.05) is 20.3 Å². The van der Waals surface area contributed by atoms with Gasteiger partial charge in [0.1, 0.15) is 5.82 Å². The van der Waals surface area contributed by atoms with E-state index in [2.05, 4.69) is 4.72 Å². The van der Waals surface area contributed by atoms with E-state index >= 15 is 0 Å². The molecule has 1 rings (SSSR count). The molecule has 0 amide bonds. The number of hydrogen-bond donors (Lipinski definition) is 1. The number of rotatable bonds is 8. The third-order valence-corrected chi connectivity index (χ3v) is 3.72. The van der Waals surface area contributed by atoms with Crippen molar-refractivity contribution in [1.29, 1.82) is 0 Å². The van der Waals surface area contributed by atoms with Crippen LogP contribution in [0.3, 0.4) is 0 Å². The van der Waals surface area contributed by atoms with E-state index in [4.69, 9.17) is 4.74 Å². The van der Waals surface area contributed by atoms with Crippen LogP contribution in [0.4, 0.5) is 4.39 Å². The maximum absolute atomic E-state index is 12.7. The Balaban J connectivity index is 2.37. The lowest BCUT2D eigenvalue weighted by molar-refractivity contribution is 0.193. The molecule has 1 N–H and O–H groups in total. The highest BCUT2D eigenvalue weighted by molar-refractivity contribution is 7.88. The van der Waals surface area contributed by atoms with Crippen LogP contribution in [0, 0.1) is 5.82 Å². The van der Waals surface area contributed by atoms with Gasteiger partial charge >= 0.3 is 0 Å². The van der Waals surface area contributed by atoms with Crippen molar-refractivity contribution in [3.63, 3.8) is 0 Å². The highest BCUT2D eigenvalue weighted by Gasteiger charge is 2.10. The van der Waals surface area contributed by atoms with Gasteiger partial charge in [-0.1, -0.05) is 12.1 Å². The van der Waals surface area contributed by atoms with E-state index in [0.717, 1.165) is 12.8 Å². The van der Waals surface area contributed by atoms with E-state index in [0.29, 0.717) is 18.7 Å². The Hall–Kier alpha value is -0.980. The van der Waals surface area contributed by atoms with Gasteiger partial charge in [0.05, 0.1) is 5.75 Å². The number of nitrogens with one attached hydrogen (secondary N) is 1. The molecule has 0 radical (unpaired) electrons. The molecule has 0 atom stereocenters. The number of ether oxygens (including phenoxy) is 1. The molecule has 1 aromatic rings. The van der Waals surface area contributed by atoms with E-state index in [1.807, 2.05) is 0 Å². The molecule has 0 aliphatic rings. The molecule has 4 nitrogen and oxygen atoms in total. The van der Waals surface area contributed by atoms with E-state index in [1.54, 1.807) is 7.11 Å². The first kappa shape index (κ1) is 15.1. The first-order valence-electron chi connectivity index (χ1n) is 5.74. The van der Waals surface area contributed by atoms with E-state index in [9.17, 15) is 12.8 Å². The van der Waals surface area contributed by atoms with Crippen LogP contribution in [0.2, 0.25) is 0 Å². The van der Waals surface area contributed by atoms with Gasteiger partial charge in [-0.25, -0.2) is 17.5 Å². The summed E-state index contributed by atoms with van der Waals surface area (Å²) >= 11 is 0. The maximum Gasteiger partial charge on any atom is 0.215 e. The zero-order valence-electron chi connectivity index (χ0n) is 10.4. The fourth-order valence-electron chi connectivity index (χ4n) is 1.45. The van der Waals surface area contributed by atoms with Crippen LogP contribution in [-0.2, 0) is 20.5 Å². The number of benzene rings is 1. The van der Waals surface area contributed by atoms with E-state index in [-0.39, 0.29) is 11.6 Å². The minimum Gasteiger partial charge on any atom is -0.385 e. The Bertz CT molecular complexity index is 445. The molecule has 102 valence electrons. The fourth-order valence-corrected chi connectivity index (χ4v) is 2.64. The largest absolute Gasteiger partial charge is 0.385 e. The highest BCUT2D eigenvalue weighted by Crippen LogP contribution is 2.06. The second-order valence-corrected chi connectivity index (χ2v) is 5.79. The number of methoxy groups -OCH3 is 1. The quantitative estimate of drug-likeness (QED) is 0.734. The summed E-state index contributed by atoms with van der Waals surface area (Å²) < 4.78 is 43.4. The fraction of sp³-hybridized carbons (Fsp3) is 0.500. The van der Waals surface area contributed by atoms with Crippen LogP contribution in [0.15, 0.2) is 24.3 Å². The Morgan fingerprint density at radius 3 is 2.50 bits per heavy atom. The van der Waals surface area contributed by atoms with Gasteiger partial charge in [-0.3, -0.25) is 0 Å². The van der Waals surface area contributed by atoms with Crippen molar-refractivity contribution >= 4 is 10.0 Å². The molecule has 0 saturated heterocycles. The monoisotopic (exact) mass is 275 g/mol. The molecule has 6 heteroatoms. The third-order valence-electron chi connectivity index (χ3n) is 2.37. The van der Waals surface area contributed by atoms with Crippen molar-refractivity contribution < 1.29 is 17.5 Å². The SMILES string of the molecule is COCCCCNS(=O)(=O)Cc1ccc(F)cc1. The minimum absolute atomic E-state index is 0.127. The van der Waals surface area contributed by atoms with Crippen LogP contribution in [0.5, 0.6) is 0 Å². The molecule has 0 aliphatic heterocycles. The van der Waals surface area contributed by atoms with Crippen molar-refractivity contribution in [3.8, 4) is 0 Å². The molecule has 0 fully saturated rings. The van der Waals surface area contributed by atoms with Crippen LogP contribution >= 0.6 is 0 Å². The maximum atomic E-state index is 12.7. The van der Waals surface area contributed by atoms with Crippen molar-refractivity contribution in [1.82, 2.24) is 4.72 Å². The van der Waals surface area contributed by atoms with Gasteiger partial charge in [0.15, 0.2) is 0 Å². The summed E-state index contributed by atoms with van der Waals surface area (Å²) in [5, 5.41) is 0. The van der Waals surface area contributed by atoms with Gasteiger partial charge in [0.25, 0.3) is 0 Å². The summed E-state index contributed by atoms with van der Waals surface area (Å²) in [6, 6.07) is 5.45. The Morgan fingerprint density at radius 1 is 1.22 bits per heavy atom. The molecular weight excluding hydrogens is 257 g/mol. The predicted octanol–water partition coefficient (Wildman–Crippen LogP) is 1.67. The lowest BCUT2D eigenvalue weighted by Crippen LogP contribution is -2.26. The van der Waals surface area contributed by atoms with E-state index < -0.39 is 10.0 Å². The smallest absolute Gasteiger partial charge is 0.215 e. The summed E-state index contributed by atoms with van der Waals surface area (Å²) in [5.74, 6) is -0.499. The summed E-state index contributed by atoms with van der Waals surface area (Å²) in [5.41, 5.74) is 0.570. The third kappa shape index (κ3) is 6.09. The number of unbranched alkanes of at least 4 members (excludes halogenated alkanes) is 1. The van der Waals surface area contributed by atoms with Gasteiger partial charge < -0.3 is 4.74 Å². The van der Waals surface area contributed by atoms with Crippen LogP contribution < -0.4 is 4.72 Å². The first-order valence-corrected chi connectivity index (χ1v) is 7.39. The zero-order valence-corrected chi connectivity index (χ0v) is 11.2. The highest BCUT2D eigenvalue weighted by atomic mass is 32.2. The van der Waals surface area contributed by atoms with Crippen molar-refractivity contribution in [2.24, 2.45) is 0 Å². The molecule has 0 saturated carbocycles. The summed E-state index contributed by atoms with van der Waals surface area (Å²) in [7, 11) is -1.74. The standard InChI is InChI=1S/C12H18FNO3S/c1-17-9-3-2-8-14-18(15,16)10-11-4-6-12(13)7-5-11/h4-7,14H,2-3,8-10H2,1H3. The zero-order chi connectivity index (χ0) is 13.4. The van der Waals surface area contributed by atoms with Gasteiger partial charge in [-0.2, -0.15) is 0 Å². The summed E-state index contributed by atoms with van der Waals surface area (Å²) in [6.07, 6.45) is 1.55. The number of halogens is 1. The minimum atomic E-state index is -3.35. The van der Waals surface area contributed by atoms with Gasteiger partial charge in [0, 0.05) is 20.3 Å². The van der Waals surface area contributed by atoms with Crippen molar-refractivity contribution in [3.05, 3.63) is 35.6 Å². The second kappa shape index (κ2) is 7.45. The Labute approximate surface area is 107 Å². The molecule has 0 bridgehead atoms. The normalized spacial score (nSPS) is 11.7. The summed E-state index contributed by atoms with van der Waals surface area (Å²) in [6.45, 7) is 1.02. The number of hydrogen-bond acceptors (Lipinski definition) is 3. The molecule has 0 unspecified atom stereocenters. The van der Waals surface area contributed by atoms with Crippen LogP contribution in [0.25, 0.3) is 0 Å². The predicted molar refractivity (Wildman–Crippen MR) is 68.1 cm³/mol. The molecule has 1 aromatic carbocycles. The van der Waals surface area contributed by atoms with Crippen LogP contribution in [0.1, 0.15) is 18.4 Å². The lowest BCUT2D eigenvalue weighted by atomic mass is 10.2. The average molecular weight is 275 g/mol. The Kier molecular flexibility index (Phi) is 6.24. The molecule has 0 spiro atoms. The van der Waals surface area contributed by atoms with E-state index in [1.165, 1.54) is 24.3 Å². The molecule has 18 heavy (non-hydrogen) atoms. The average Bonchev–Trinajstić information content (AvgIpc) is 2.31. The first-order chi connectivity index (χ1) is 8.53. The Morgan fingerprint density at radius 2 is 1.89 bits per heavy atom. The molecule has 0 aromatic heterocycles. The lowest BCUT2D eigenvalue weighted by Gasteiger charge is -2.06. The molecule has 0 heterocycles. The van der Waals surface area contributed by atoms with Crippen molar-refractivity contribution in [2.45, 2.75) is 18.6 Å². The van der Waals surface area contributed by atoms with Gasteiger partial charge in [0.2, 0.25) is 10.0 Å². The molecule has 0 aliphatic carbocycles. The van der Waals surface area contributed by atoms with Gasteiger partial charge in [-0.05, 0) is 30.5 Å². The molecular formula is C12H18FNO3S. The summed E-state index contributed by atoms with van der Waals surface area (Å²) in [4.78, 5) is 0. The second-order valence-electron chi connectivity index (χ2n) is 3.98. The van der Waals surface area contributed by atoms with Gasteiger partial charge in [-0.15, -0.1) is 0 Å². The van der Waals surface area contributed by atoms with Crippen LogP contribution in [-0.4, -0.2) is 28.7 Å². The number of sulfonamides is 1.